The number of aromatic amines is 1. The number of carbonyl (C=O) groups excluding carboxylic acids is 1. The van der Waals surface area contributed by atoms with Gasteiger partial charge in [0.1, 0.15) is 5.69 Å². The number of fused-ring (bicyclic) bond motifs is 1. The van der Waals surface area contributed by atoms with Crippen molar-refractivity contribution in [2.24, 2.45) is 5.11 Å². The standard InChI is InChI=1S/C15H16N4O2/c1-2-21-15(20)14-10-12-7-6-11(9-13(12)18-14)5-3-4-8-17-19-16/h3,5-7,9-10,18H,2,4,8H2,1H3. The topological polar surface area (TPSA) is 90.8 Å². The predicted octanol–water partition coefficient (Wildman–Crippen LogP) is 4.06. The Morgan fingerprint density at radius 1 is 1.48 bits per heavy atom. The molecule has 108 valence electrons. The van der Waals surface area contributed by atoms with Crippen molar-refractivity contribution in [3.05, 3.63) is 52.0 Å². The number of azide groups is 1. The van der Waals surface area contributed by atoms with Crippen LogP contribution in [0.1, 0.15) is 29.4 Å². The van der Waals surface area contributed by atoms with Gasteiger partial charge in [0.2, 0.25) is 0 Å². The van der Waals surface area contributed by atoms with Crippen molar-refractivity contribution < 1.29 is 9.53 Å². The highest BCUT2D eigenvalue weighted by Gasteiger charge is 2.09. The highest BCUT2D eigenvalue weighted by atomic mass is 16.5. The van der Waals surface area contributed by atoms with Gasteiger partial charge in [-0.05, 0) is 36.6 Å². The Labute approximate surface area is 122 Å². The second-order valence-corrected chi connectivity index (χ2v) is 4.40. The highest BCUT2D eigenvalue weighted by molar-refractivity contribution is 5.95. The van der Waals surface area contributed by atoms with Crippen molar-refractivity contribution >= 4 is 22.9 Å². The first kappa shape index (κ1) is 14.7. The number of hydrogen-bond donors (Lipinski definition) is 1. The first-order chi connectivity index (χ1) is 10.2. The zero-order valence-electron chi connectivity index (χ0n) is 11.7. The lowest BCUT2D eigenvalue weighted by molar-refractivity contribution is 0.0520. The maximum Gasteiger partial charge on any atom is 0.354 e. The summed E-state index contributed by atoms with van der Waals surface area (Å²) < 4.78 is 4.97. The second-order valence-electron chi connectivity index (χ2n) is 4.40. The molecule has 21 heavy (non-hydrogen) atoms. The SMILES string of the molecule is CCOC(=O)c1cc2ccc(C=CCCN=[N+]=[N-])cc2[nH]1. The molecule has 0 saturated carbocycles. The minimum atomic E-state index is -0.347. The van der Waals surface area contributed by atoms with Crippen LogP contribution in [0, 0.1) is 0 Å². The number of nitrogens with zero attached hydrogens (tertiary/aromatic N) is 3. The molecular formula is C15H16N4O2. The summed E-state index contributed by atoms with van der Waals surface area (Å²) in [5.74, 6) is -0.347. The van der Waals surface area contributed by atoms with Crippen LogP contribution < -0.4 is 0 Å². The fourth-order valence-electron chi connectivity index (χ4n) is 1.96. The average molecular weight is 284 g/mol. The molecule has 0 aliphatic rings. The van der Waals surface area contributed by atoms with Crippen LogP contribution in [0.5, 0.6) is 0 Å². The molecule has 0 bridgehead atoms. The average Bonchev–Trinajstić information content (AvgIpc) is 2.90. The van der Waals surface area contributed by atoms with Crippen LogP contribution in [0.4, 0.5) is 0 Å². The van der Waals surface area contributed by atoms with Crippen LogP contribution in [0.25, 0.3) is 27.4 Å². The van der Waals surface area contributed by atoms with Gasteiger partial charge in [-0.1, -0.05) is 29.4 Å². The normalized spacial score (nSPS) is 10.7. The van der Waals surface area contributed by atoms with Gasteiger partial charge in [0.05, 0.1) is 6.61 Å². The van der Waals surface area contributed by atoms with E-state index < -0.39 is 0 Å². The molecule has 0 saturated heterocycles. The monoisotopic (exact) mass is 284 g/mol. The first-order valence-corrected chi connectivity index (χ1v) is 6.72. The van der Waals surface area contributed by atoms with Crippen LogP contribution in [-0.2, 0) is 4.74 Å². The Kier molecular flexibility index (Phi) is 5.01. The van der Waals surface area contributed by atoms with E-state index in [-0.39, 0.29) is 5.97 Å². The summed E-state index contributed by atoms with van der Waals surface area (Å²) in [5.41, 5.74) is 10.5. The number of ether oxygens (including phenoxy) is 1. The van der Waals surface area contributed by atoms with Crippen molar-refractivity contribution in [3.63, 3.8) is 0 Å². The van der Waals surface area contributed by atoms with Crippen LogP contribution in [0.2, 0.25) is 0 Å². The van der Waals surface area contributed by atoms with Gasteiger partial charge < -0.3 is 9.72 Å². The molecule has 0 radical (unpaired) electrons. The Balaban J connectivity index is 2.14. The maximum atomic E-state index is 11.7. The second kappa shape index (κ2) is 7.17. The summed E-state index contributed by atoms with van der Waals surface area (Å²) in [6.07, 6.45) is 4.60. The van der Waals surface area contributed by atoms with Gasteiger partial charge >= 0.3 is 5.97 Å². The van der Waals surface area contributed by atoms with E-state index in [9.17, 15) is 4.79 Å². The summed E-state index contributed by atoms with van der Waals surface area (Å²) in [4.78, 5) is 17.4. The predicted molar refractivity (Wildman–Crippen MR) is 81.9 cm³/mol. The van der Waals surface area contributed by atoms with Gasteiger partial charge in [-0.25, -0.2) is 4.79 Å². The number of H-pyrrole nitrogens is 1. The van der Waals surface area contributed by atoms with Gasteiger partial charge in [0.15, 0.2) is 0 Å². The van der Waals surface area contributed by atoms with Gasteiger partial charge in [0, 0.05) is 22.4 Å². The van der Waals surface area contributed by atoms with Gasteiger partial charge in [-0.15, -0.1) is 0 Å². The molecule has 1 N–H and O–H groups in total. The van der Waals surface area contributed by atoms with E-state index >= 15 is 0 Å². The van der Waals surface area contributed by atoms with E-state index in [1.807, 2.05) is 30.4 Å². The minimum absolute atomic E-state index is 0.347. The summed E-state index contributed by atoms with van der Waals surface area (Å²) in [6.45, 7) is 2.58. The molecule has 0 spiro atoms. The first-order valence-electron chi connectivity index (χ1n) is 6.72. The van der Waals surface area contributed by atoms with Crippen molar-refractivity contribution in [3.8, 4) is 0 Å². The van der Waals surface area contributed by atoms with E-state index in [4.69, 9.17) is 10.3 Å². The Hall–Kier alpha value is -2.72. The summed E-state index contributed by atoms with van der Waals surface area (Å²) in [7, 11) is 0. The molecule has 2 aromatic rings. The Morgan fingerprint density at radius 2 is 2.33 bits per heavy atom. The van der Waals surface area contributed by atoms with Crippen LogP contribution in [-0.4, -0.2) is 24.1 Å². The van der Waals surface area contributed by atoms with Gasteiger partial charge in [-0.2, -0.15) is 0 Å². The fourth-order valence-corrected chi connectivity index (χ4v) is 1.96. The van der Waals surface area contributed by atoms with Crippen molar-refractivity contribution in [2.75, 3.05) is 13.2 Å². The quantitative estimate of drug-likeness (QED) is 0.285. The lowest BCUT2D eigenvalue weighted by Gasteiger charge is -1.97. The van der Waals surface area contributed by atoms with Crippen LogP contribution in [0.3, 0.4) is 0 Å². The van der Waals surface area contributed by atoms with Crippen molar-refractivity contribution in [1.29, 1.82) is 0 Å². The van der Waals surface area contributed by atoms with Crippen molar-refractivity contribution in [1.82, 2.24) is 4.98 Å². The minimum Gasteiger partial charge on any atom is -0.461 e. The number of benzene rings is 1. The van der Waals surface area contributed by atoms with Crippen LogP contribution >= 0.6 is 0 Å². The zero-order valence-corrected chi connectivity index (χ0v) is 11.7. The molecule has 2 rings (SSSR count). The van der Waals surface area contributed by atoms with E-state index in [1.165, 1.54) is 0 Å². The molecule has 6 heteroatoms. The molecule has 1 heterocycles. The maximum absolute atomic E-state index is 11.7. The van der Waals surface area contributed by atoms with E-state index in [0.717, 1.165) is 16.5 Å². The number of nitrogens with one attached hydrogen (secondary N) is 1. The third-order valence-electron chi connectivity index (χ3n) is 2.91. The lowest BCUT2D eigenvalue weighted by atomic mass is 10.1. The molecule has 1 aromatic carbocycles. The molecule has 0 amide bonds. The largest absolute Gasteiger partial charge is 0.461 e. The number of aromatic nitrogens is 1. The molecule has 0 fully saturated rings. The number of hydrogen-bond acceptors (Lipinski definition) is 3. The Morgan fingerprint density at radius 3 is 3.10 bits per heavy atom. The van der Waals surface area contributed by atoms with E-state index in [0.29, 0.717) is 25.3 Å². The van der Waals surface area contributed by atoms with Gasteiger partial charge in [-0.3, -0.25) is 0 Å². The van der Waals surface area contributed by atoms with Crippen LogP contribution in [0.15, 0.2) is 35.5 Å². The highest BCUT2D eigenvalue weighted by Crippen LogP contribution is 2.18. The van der Waals surface area contributed by atoms with E-state index in [2.05, 4.69) is 15.0 Å². The molecule has 0 aliphatic carbocycles. The summed E-state index contributed by atoms with van der Waals surface area (Å²) in [6, 6.07) is 7.65. The third kappa shape index (κ3) is 3.87. The molecule has 6 nitrogen and oxygen atoms in total. The Bertz CT molecular complexity index is 712. The smallest absolute Gasteiger partial charge is 0.354 e. The van der Waals surface area contributed by atoms with Crippen molar-refractivity contribution in [2.45, 2.75) is 13.3 Å². The van der Waals surface area contributed by atoms with Gasteiger partial charge in [0.25, 0.3) is 0 Å². The molecular weight excluding hydrogens is 268 g/mol. The molecule has 0 unspecified atom stereocenters. The molecule has 1 aromatic heterocycles. The fraction of sp³-hybridized carbons (Fsp3) is 0.267. The summed E-state index contributed by atoms with van der Waals surface area (Å²) >= 11 is 0. The molecule has 0 atom stereocenters. The number of rotatable bonds is 6. The summed E-state index contributed by atoms with van der Waals surface area (Å²) in [5, 5.41) is 4.43. The van der Waals surface area contributed by atoms with E-state index in [1.54, 1.807) is 13.0 Å². The lowest BCUT2D eigenvalue weighted by Crippen LogP contribution is -2.04. The number of carbonyl (C=O) groups is 1. The zero-order chi connectivity index (χ0) is 15.1. The third-order valence-corrected chi connectivity index (χ3v) is 2.91. The number of esters is 1. The molecule has 0 aliphatic heterocycles.